The van der Waals surface area contributed by atoms with E-state index in [0.29, 0.717) is 12.4 Å². The first-order chi connectivity index (χ1) is 9.01. The van der Waals surface area contributed by atoms with E-state index in [9.17, 15) is 4.79 Å². The van der Waals surface area contributed by atoms with E-state index in [2.05, 4.69) is 5.16 Å². The van der Waals surface area contributed by atoms with Gasteiger partial charge >= 0.3 is 5.97 Å². The fourth-order valence-electron chi connectivity index (χ4n) is 1.99. The van der Waals surface area contributed by atoms with E-state index in [1.54, 1.807) is 6.92 Å². The SMILES string of the molecule is CCOC(=O)COc1c(C)cc(C)c(/C=N/O)c1C. The zero-order chi connectivity index (χ0) is 14.4. The molecule has 0 saturated carbocycles. The maximum absolute atomic E-state index is 11.3. The van der Waals surface area contributed by atoms with Crippen molar-refractivity contribution in [1.82, 2.24) is 0 Å². The van der Waals surface area contributed by atoms with Crippen molar-refractivity contribution in [3.8, 4) is 5.75 Å². The maximum Gasteiger partial charge on any atom is 0.344 e. The molecule has 0 amide bonds. The molecule has 0 aliphatic heterocycles. The van der Waals surface area contributed by atoms with Gasteiger partial charge in [-0.3, -0.25) is 0 Å². The molecule has 1 aromatic rings. The molecule has 0 fully saturated rings. The molecular weight excluding hydrogens is 246 g/mol. The summed E-state index contributed by atoms with van der Waals surface area (Å²) in [7, 11) is 0. The number of oxime groups is 1. The van der Waals surface area contributed by atoms with Crippen LogP contribution in [0.1, 0.15) is 29.2 Å². The van der Waals surface area contributed by atoms with Crippen molar-refractivity contribution in [3.63, 3.8) is 0 Å². The lowest BCUT2D eigenvalue weighted by atomic mass is 9.99. The van der Waals surface area contributed by atoms with Crippen LogP contribution in [-0.2, 0) is 9.53 Å². The van der Waals surface area contributed by atoms with Crippen LogP contribution in [0, 0.1) is 20.8 Å². The number of ether oxygens (including phenoxy) is 2. The second-order valence-electron chi connectivity index (χ2n) is 4.22. The molecule has 0 atom stereocenters. The molecule has 0 aromatic heterocycles. The molecule has 0 radical (unpaired) electrons. The molecule has 1 N–H and O–H groups in total. The molecule has 1 aromatic carbocycles. The average molecular weight is 265 g/mol. The Hall–Kier alpha value is -2.04. The summed E-state index contributed by atoms with van der Waals surface area (Å²) in [5.41, 5.74) is 3.53. The summed E-state index contributed by atoms with van der Waals surface area (Å²) in [6.45, 7) is 7.63. The number of aryl methyl sites for hydroxylation is 2. The number of carbonyl (C=O) groups excluding carboxylic acids is 1. The topological polar surface area (TPSA) is 68.1 Å². The molecule has 19 heavy (non-hydrogen) atoms. The van der Waals surface area contributed by atoms with Crippen LogP contribution in [0.25, 0.3) is 0 Å². The number of esters is 1. The van der Waals surface area contributed by atoms with Crippen LogP contribution in [0.4, 0.5) is 0 Å². The molecular formula is C14H19NO4. The highest BCUT2D eigenvalue weighted by Crippen LogP contribution is 2.28. The second kappa shape index (κ2) is 6.78. The monoisotopic (exact) mass is 265 g/mol. The highest BCUT2D eigenvalue weighted by atomic mass is 16.6. The van der Waals surface area contributed by atoms with Crippen LogP contribution in [-0.4, -0.2) is 30.6 Å². The minimum absolute atomic E-state index is 0.131. The lowest BCUT2D eigenvalue weighted by molar-refractivity contribution is -0.145. The van der Waals surface area contributed by atoms with E-state index in [0.717, 1.165) is 22.3 Å². The number of benzene rings is 1. The van der Waals surface area contributed by atoms with Gasteiger partial charge in [0.05, 0.1) is 12.8 Å². The number of rotatable bonds is 5. The first-order valence-corrected chi connectivity index (χ1v) is 6.07. The summed E-state index contributed by atoms with van der Waals surface area (Å²) in [6.07, 6.45) is 1.36. The highest BCUT2D eigenvalue weighted by Gasteiger charge is 2.13. The number of hydrogen-bond donors (Lipinski definition) is 1. The van der Waals surface area contributed by atoms with Crippen molar-refractivity contribution in [2.24, 2.45) is 5.16 Å². The van der Waals surface area contributed by atoms with Crippen LogP contribution >= 0.6 is 0 Å². The fourth-order valence-corrected chi connectivity index (χ4v) is 1.99. The number of hydrogen-bond acceptors (Lipinski definition) is 5. The van der Waals surface area contributed by atoms with Crippen LogP contribution in [0.3, 0.4) is 0 Å². The normalized spacial score (nSPS) is 10.7. The third-order valence-corrected chi connectivity index (χ3v) is 2.79. The molecule has 1 rings (SSSR count). The van der Waals surface area contributed by atoms with E-state index in [-0.39, 0.29) is 6.61 Å². The zero-order valence-corrected chi connectivity index (χ0v) is 11.7. The summed E-state index contributed by atoms with van der Waals surface area (Å²) >= 11 is 0. The summed E-state index contributed by atoms with van der Waals surface area (Å²) < 4.78 is 10.3. The van der Waals surface area contributed by atoms with Gasteiger partial charge in [-0.15, -0.1) is 0 Å². The Kier molecular flexibility index (Phi) is 5.36. The van der Waals surface area contributed by atoms with Gasteiger partial charge in [0, 0.05) is 11.1 Å². The molecule has 0 aliphatic carbocycles. The van der Waals surface area contributed by atoms with Crippen molar-refractivity contribution in [2.45, 2.75) is 27.7 Å². The van der Waals surface area contributed by atoms with Gasteiger partial charge < -0.3 is 14.7 Å². The Morgan fingerprint density at radius 2 is 2.05 bits per heavy atom. The lowest BCUT2D eigenvalue weighted by Crippen LogP contribution is -2.16. The lowest BCUT2D eigenvalue weighted by Gasteiger charge is -2.15. The van der Waals surface area contributed by atoms with Crippen molar-refractivity contribution < 1.29 is 19.5 Å². The molecule has 0 saturated heterocycles. The molecule has 5 nitrogen and oxygen atoms in total. The zero-order valence-electron chi connectivity index (χ0n) is 11.7. The quantitative estimate of drug-likeness (QED) is 0.384. The van der Waals surface area contributed by atoms with Gasteiger partial charge in [0.25, 0.3) is 0 Å². The number of carbonyl (C=O) groups is 1. The standard InChI is InChI=1S/C14H19NO4/c1-5-18-13(16)8-19-14-10(3)6-9(2)12(7-15-17)11(14)4/h6-7,17H,5,8H2,1-4H3/b15-7+. The van der Waals surface area contributed by atoms with Crippen molar-refractivity contribution >= 4 is 12.2 Å². The minimum Gasteiger partial charge on any atom is -0.481 e. The van der Waals surface area contributed by atoms with Crippen LogP contribution in [0.5, 0.6) is 5.75 Å². The smallest absolute Gasteiger partial charge is 0.344 e. The molecule has 0 spiro atoms. The first-order valence-electron chi connectivity index (χ1n) is 6.07. The summed E-state index contributed by atoms with van der Waals surface area (Å²) in [5, 5.41) is 11.7. The van der Waals surface area contributed by atoms with E-state index < -0.39 is 5.97 Å². The highest BCUT2D eigenvalue weighted by molar-refractivity contribution is 5.85. The number of nitrogens with zero attached hydrogens (tertiary/aromatic N) is 1. The third-order valence-electron chi connectivity index (χ3n) is 2.79. The van der Waals surface area contributed by atoms with Gasteiger partial charge in [-0.2, -0.15) is 0 Å². The molecule has 104 valence electrons. The molecule has 0 heterocycles. The summed E-state index contributed by atoms with van der Waals surface area (Å²) in [6, 6.07) is 1.92. The Bertz CT molecular complexity index is 495. The van der Waals surface area contributed by atoms with Gasteiger partial charge in [-0.25, -0.2) is 4.79 Å². The largest absolute Gasteiger partial charge is 0.481 e. The van der Waals surface area contributed by atoms with Gasteiger partial charge in [-0.05, 0) is 38.8 Å². The Morgan fingerprint density at radius 1 is 1.37 bits per heavy atom. The van der Waals surface area contributed by atoms with Crippen molar-refractivity contribution in [1.29, 1.82) is 0 Å². The molecule has 0 bridgehead atoms. The third kappa shape index (κ3) is 3.71. The molecule has 5 heteroatoms. The fraction of sp³-hybridized carbons (Fsp3) is 0.429. The molecule has 0 aliphatic rings. The predicted octanol–water partition coefficient (Wildman–Crippen LogP) is 2.36. The van der Waals surface area contributed by atoms with Crippen LogP contribution < -0.4 is 4.74 Å². The predicted molar refractivity (Wildman–Crippen MR) is 72.2 cm³/mol. The van der Waals surface area contributed by atoms with Crippen LogP contribution in [0.15, 0.2) is 11.2 Å². The van der Waals surface area contributed by atoms with E-state index in [1.807, 2.05) is 26.8 Å². The Morgan fingerprint density at radius 3 is 2.63 bits per heavy atom. The second-order valence-corrected chi connectivity index (χ2v) is 4.22. The van der Waals surface area contributed by atoms with E-state index in [1.165, 1.54) is 6.21 Å². The Labute approximate surface area is 112 Å². The van der Waals surface area contributed by atoms with Crippen molar-refractivity contribution in [2.75, 3.05) is 13.2 Å². The van der Waals surface area contributed by atoms with Gasteiger partial charge in [0.1, 0.15) is 5.75 Å². The van der Waals surface area contributed by atoms with E-state index in [4.69, 9.17) is 14.7 Å². The minimum atomic E-state index is -0.403. The van der Waals surface area contributed by atoms with Crippen molar-refractivity contribution in [3.05, 3.63) is 28.3 Å². The Balaban J connectivity index is 3.00. The maximum atomic E-state index is 11.3. The van der Waals surface area contributed by atoms with E-state index >= 15 is 0 Å². The summed E-state index contributed by atoms with van der Waals surface area (Å²) in [5.74, 6) is 0.216. The van der Waals surface area contributed by atoms with Crippen LogP contribution in [0.2, 0.25) is 0 Å². The summed E-state index contributed by atoms with van der Waals surface area (Å²) in [4.78, 5) is 11.3. The van der Waals surface area contributed by atoms with Gasteiger partial charge in [0.15, 0.2) is 6.61 Å². The van der Waals surface area contributed by atoms with Gasteiger partial charge in [-0.1, -0.05) is 11.2 Å². The average Bonchev–Trinajstić information content (AvgIpc) is 2.34. The first kappa shape index (κ1) is 15.0. The molecule has 0 unspecified atom stereocenters. The van der Waals surface area contributed by atoms with Gasteiger partial charge in [0.2, 0.25) is 0 Å².